The lowest BCUT2D eigenvalue weighted by molar-refractivity contribution is -0.149. The Kier molecular flexibility index (Phi) is 13.5. The molecule has 0 aromatic carbocycles. The van der Waals surface area contributed by atoms with E-state index in [2.05, 4.69) is 23.8 Å². The van der Waals surface area contributed by atoms with E-state index in [0.29, 0.717) is 36.1 Å². The summed E-state index contributed by atoms with van der Waals surface area (Å²) in [5.41, 5.74) is 0.585. The van der Waals surface area contributed by atoms with Gasteiger partial charge in [-0.1, -0.05) is 19.6 Å². The van der Waals surface area contributed by atoms with E-state index in [1.807, 2.05) is 0 Å². The first-order chi connectivity index (χ1) is 15.7. The summed E-state index contributed by atoms with van der Waals surface area (Å²) in [5, 5.41) is 5.85. The van der Waals surface area contributed by atoms with Gasteiger partial charge in [0, 0.05) is 17.7 Å². The summed E-state index contributed by atoms with van der Waals surface area (Å²) in [4.78, 5) is 46.0. The zero-order chi connectivity index (χ0) is 24.6. The van der Waals surface area contributed by atoms with Crippen LogP contribution < -0.4 is 10.6 Å². The fourth-order valence-electron chi connectivity index (χ4n) is 3.29. The first kappa shape index (κ1) is 28.2. The second-order valence-corrected chi connectivity index (χ2v) is 8.10. The topological polar surface area (TPSA) is 129 Å². The lowest BCUT2D eigenvalue weighted by Crippen LogP contribution is -2.36. The minimum Gasteiger partial charge on any atom is -0.461 e. The van der Waals surface area contributed by atoms with Crippen molar-refractivity contribution in [3.05, 3.63) is 24.3 Å². The molecular formula is C23H36N2O8. The molecule has 33 heavy (non-hydrogen) atoms. The largest absolute Gasteiger partial charge is 0.461 e. The van der Waals surface area contributed by atoms with Crippen LogP contribution in [0.25, 0.3) is 0 Å². The standard InChI is InChI=1S/C23H36N2O8/c1-16(2)21(27)31-9-8-30-20(26)15-24-13-18-6-5-7-19(12-18)14-25-23(29)33-11-10-32-22(28)17(3)4/h18-19,24H,1,3,5-15H2,2,4H3,(H,25,29). The molecule has 0 bridgehead atoms. The SMILES string of the molecule is C=C(C)C(=O)OCCOC(=O)CNCC1CCCC(CNC(=O)OCCOC(=O)C(=C)C)C1. The van der Waals surface area contributed by atoms with E-state index < -0.39 is 24.0 Å². The fraction of sp³-hybridized carbons (Fsp3) is 0.652. The van der Waals surface area contributed by atoms with Crippen molar-refractivity contribution >= 4 is 24.0 Å². The molecule has 1 saturated carbocycles. The van der Waals surface area contributed by atoms with E-state index >= 15 is 0 Å². The van der Waals surface area contributed by atoms with E-state index in [1.165, 1.54) is 0 Å². The number of alkyl carbamates (subject to hydrolysis) is 1. The number of rotatable bonds is 14. The molecule has 1 aliphatic carbocycles. The Morgan fingerprint density at radius 1 is 0.788 bits per heavy atom. The van der Waals surface area contributed by atoms with Crippen molar-refractivity contribution in [3.8, 4) is 0 Å². The molecule has 186 valence electrons. The number of hydrogen-bond acceptors (Lipinski definition) is 9. The maximum absolute atomic E-state index is 11.8. The molecule has 0 aliphatic heterocycles. The number of carbonyl (C=O) groups excluding carboxylic acids is 4. The first-order valence-corrected chi connectivity index (χ1v) is 11.1. The maximum atomic E-state index is 11.8. The molecule has 0 radical (unpaired) electrons. The summed E-state index contributed by atoms with van der Waals surface area (Å²) in [7, 11) is 0. The van der Waals surface area contributed by atoms with Crippen LogP contribution in [0.15, 0.2) is 24.3 Å². The van der Waals surface area contributed by atoms with Gasteiger partial charge in [-0.05, 0) is 51.5 Å². The summed E-state index contributed by atoms with van der Waals surface area (Å²) in [6, 6.07) is 0. The average Bonchev–Trinajstić information content (AvgIpc) is 2.78. The molecular weight excluding hydrogens is 432 g/mol. The first-order valence-electron chi connectivity index (χ1n) is 11.1. The summed E-state index contributed by atoms with van der Waals surface area (Å²) in [5.74, 6) is -0.713. The Labute approximate surface area is 195 Å². The van der Waals surface area contributed by atoms with Gasteiger partial charge in [0.05, 0.1) is 6.54 Å². The third-order valence-corrected chi connectivity index (χ3v) is 4.95. The van der Waals surface area contributed by atoms with Gasteiger partial charge in [0.15, 0.2) is 0 Å². The third-order valence-electron chi connectivity index (χ3n) is 4.95. The number of carbonyl (C=O) groups is 4. The third kappa shape index (κ3) is 13.3. The zero-order valence-electron chi connectivity index (χ0n) is 19.6. The van der Waals surface area contributed by atoms with Crippen molar-refractivity contribution in [2.24, 2.45) is 11.8 Å². The van der Waals surface area contributed by atoms with Crippen LogP contribution in [0.4, 0.5) is 4.79 Å². The molecule has 1 amide bonds. The number of ether oxygens (including phenoxy) is 4. The van der Waals surface area contributed by atoms with Crippen molar-refractivity contribution in [2.45, 2.75) is 39.5 Å². The van der Waals surface area contributed by atoms with Crippen molar-refractivity contribution in [3.63, 3.8) is 0 Å². The van der Waals surface area contributed by atoms with Gasteiger partial charge in [0.1, 0.15) is 26.4 Å². The molecule has 1 rings (SSSR count). The smallest absolute Gasteiger partial charge is 0.407 e. The molecule has 1 fully saturated rings. The Hall–Kier alpha value is -2.88. The quantitative estimate of drug-likeness (QED) is 0.170. The number of amides is 1. The molecule has 0 aromatic heterocycles. The Morgan fingerprint density at radius 3 is 1.88 bits per heavy atom. The van der Waals surface area contributed by atoms with Gasteiger partial charge < -0.3 is 29.6 Å². The molecule has 0 saturated heterocycles. The van der Waals surface area contributed by atoms with Crippen molar-refractivity contribution in [2.75, 3.05) is 46.1 Å². The monoisotopic (exact) mass is 468 g/mol. The highest BCUT2D eigenvalue weighted by atomic mass is 16.6. The van der Waals surface area contributed by atoms with Crippen molar-refractivity contribution < 1.29 is 38.1 Å². The molecule has 2 unspecified atom stereocenters. The summed E-state index contributed by atoms with van der Waals surface area (Å²) in [6.07, 6.45) is 3.49. The minimum absolute atomic E-state index is 0.00311. The van der Waals surface area contributed by atoms with Crippen LogP contribution in [0, 0.1) is 11.8 Å². The highest BCUT2D eigenvalue weighted by molar-refractivity contribution is 5.87. The molecule has 10 nitrogen and oxygen atoms in total. The van der Waals surface area contributed by atoms with E-state index in [4.69, 9.17) is 18.9 Å². The van der Waals surface area contributed by atoms with Gasteiger partial charge in [-0.15, -0.1) is 0 Å². The molecule has 0 spiro atoms. The predicted molar refractivity (Wildman–Crippen MR) is 120 cm³/mol. The molecule has 0 aromatic rings. The number of esters is 3. The second kappa shape index (κ2) is 15.8. The van der Waals surface area contributed by atoms with Gasteiger partial charge in [0.2, 0.25) is 0 Å². The summed E-state index contributed by atoms with van der Waals surface area (Å²) in [6.45, 7) is 11.3. The summed E-state index contributed by atoms with van der Waals surface area (Å²) < 4.78 is 19.7. The molecule has 10 heteroatoms. The predicted octanol–water partition coefficient (Wildman–Crippen LogP) is 1.89. The van der Waals surface area contributed by atoms with Gasteiger partial charge >= 0.3 is 24.0 Å². The Balaban J connectivity index is 2.11. The van der Waals surface area contributed by atoms with Crippen LogP contribution in [0.1, 0.15) is 39.5 Å². The molecule has 2 atom stereocenters. The van der Waals surface area contributed by atoms with E-state index in [0.717, 1.165) is 25.7 Å². The van der Waals surface area contributed by atoms with Crippen LogP contribution in [0.5, 0.6) is 0 Å². The number of hydrogen-bond donors (Lipinski definition) is 2. The minimum atomic E-state index is -0.543. The van der Waals surface area contributed by atoms with Crippen LogP contribution in [0.3, 0.4) is 0 Å². The highest BCUT2D eigenvalue weighted by Gasteiger charge is 2.22. The lowest BCUT2D eigenvalue weighted by atomic mass is 9.81. The van der Waals surface area contributed by atoms with Crippen molar-refractivity contribution in [1.82, 2.24) is 10.6 Å². The maximum Gasteiger partial charge on any atom is 0.407 e. The van der Waals surface area contributed by atoms with E-state index in [9.17, 15) is 19.2 Å². The zero-order valence-corrected chi connectivity index (χ0v) is 19.6. The number of nitrogens with one attached hydrogen (secondary N) is 2. The van der Waals surface area contributed by atoms with Crippen LogP contribution in [0.2, 0.25) is 0 Å². The Morgan fingerprint density at radius 2 is 1.30 bits per heavy atom. The van der Waals surface area contributed by atoms with E-state index in [1.54, 1.807) is 13.8 Å². The van der Waals surface area contributed by atoms with Gasteiger partial charge in [-0.2, -0.15) is 0 Å². The average molecular weight is 469 g/mol. The fourth-order valence-corrected chi connectivity index (χ4v) is 3.29. The van der Waals surface area contributed by atoms with Crippen LogP contribution in [-0.2, 0) is 33.3 Å². The van der Waals surface area contributed by atoms with Crippen LogP contribution in [-0.4, -0.2) is 70.1 Å². The van der Waals surface area contributed by atoms with Crippen molar-refractivity contribution in [1.29, 1.82) is 0 Å². The molecule has 2 N–H and O–H groups in total. The molecule has 1 aliphatic rings. The van der Waals surface area contributed by atoms with E-state index in [-0.39, 0.29) is 33.0 Å². The Bertz CT molecular complexity index is 707. The normalized spacial score (nSPS) is 17.4. The van der Waals surface area contributed by atoms with Gasteiger partial charge in [0.25, 0.3) is 0 Å². The van der Waals surface area contributed by atoms with Gasteiger partial charge in [-0.3, -0.25) is 4.79 Å². The van der Waals surface area contributed by atoms with Gasteiger partial charge in [-0.25, -0.2) is 14.4 Å². The molecule has 0 heterocycles. The summed E-state index contributed by atoms with van der Waals surface area (Å²) >= 11 is 0. The lowest BCUT2D eigenvalue weighted by Gasteiger charge is -2.29. The van der Waals surface area contributed by atoms with Crippen LogP contribution >= 0.6 is 0 Å². The highest BCUT2D eigenvalue weighted by Crippen LogP contribution is 2.28. The second-order valence-electron chi connectivity index (χ2n) is 8.10.